The van der Waals surface area contributed by atoms with Crippen LogP contribution in [0, 0.1) is 5.92 Å². The Kier molecular flexibility index (Phi) is 6.50. The number of halogens is 1. The number of methoxy groups -OCH3 is 1. The summed E-state index contributed by atoms with van der Waals surface area (Å²) in [5.74, 6) is 2.20. The van der Waals surface area contributed by atoms with Gasteiger partial charge in [-0.1, -0.05) is 13.8 Å². The molecule has 0 amide bonds. The number of benzene rings is 1. The van der Waals surface area contributed by atoms with Crippen molar-refractivity contribution in [3.05, 3.63) is 22.2 Å². The monoisotopic (exact) mass is 315 g/mol. The van der Waals surface area contributed by atoms with Crippen LogP contribution in [0.15, 0.2) is 16.6 Å². The Morgan fingerprint density at radius 3 is 2.61 bits per heavy atom. The van der Waals surface area contributed by atoms with E-state index in [1.807, 2.05) is 13.1 Å². The molecule has 0 atom stereocenters. The Bertz CT molecular complexity index is 380. The maximum atomic E-state index is 5.81. The lowest BCUT2D eigenvalue weighted by atomic mass is 10.1. The Morgan fingerprint density at radius 1 is 1.33 bits per heavy atom. The van der Waals surface area contributed by atoms with Gasteiger partial charge < -0.3 is 14.8 Å². The van der Waals surface area contributed by atoms with Crippen molar-refractivity contribution >= 4 is 15.9 Å². The summed E-state index contributed by atoms with van der Waals surface area (Å²) in [6.07, 6.45) is 1.04. The maximum absolute atomic E-state index is 5.81. The van der Waals surface area contributed by atoms with Gasteiger partial charge in [0.25, 0.3) is 0 Å². The van der Waals surface area contributed by atoms with Crippen LogP contribution in [0.5, 0.6) is 11.5 Å². The van der Waals surface area contributed by atoms with Gasteiger partial charge in [-0.3, -0.25) is 0 Å². The molecule has 0 saturated carbocycles. The van der Waals surface area contributed by atoms with E-state index in [0.29, 0.717) is 12.5 Å². The van der Waals surface area contributed by atoms with Gasteiger partial charge in [0.15, 0.2) is 11.5 Å². The molecule has 0 bridgehead atoms. The molecule has 0 unspecified atom stereocenters. The molecule has 0 aliphatic heterocycles. The van der Waals surface area contributed by atoms with Gasteiger partial charge in [0.05, 0.1) is 18.2 Å². The smallest absolute Gasteiger partial charge is 0.175 e. The van der Waals surface area contributed by atoms with Gasteiger partial charge in [0, 0.05) is 6.54 Å². The largest absolute Gasteiger partial charge is 0.493 e. The molecule has 0 aromatic heterocycles. The van der Waals surface area contributed by atoms with Crippen LogP contribution >= 0.6 is 15.9 Å². The van der Waals surface area contributed by atoms with Crippen LogP contribution in [0.2, 0.25) is 0 Å². The van der Waals surface area contributed by atoms with Crippen molar-refractivity contribution in [3.63, 3.8) is 0 Å². The van der Waals surface area contributed by atoms with Crippen LogP contribution < -0.4 is 14.8 Å². The molecule has 0 radical (unpaired) electrons. The molecule has 0 heterocycles. The van der Waals surface area contributed by atoms with E-state index in [4.69, 9.17) is 9.47 Å². The lowest BCUT2D eigenvalue weighted by Gasteiger charge is -2.15. The molecule has 1 rings (SSSR count). The molecule has 0 aliphatic rings. The van der Waals surface area contributed by atoms with Crippen molar-refractivity contribution < 1.29 is 9.47 Å². The van der Waals surface area contributed by atoms with E-state index in [1.54, 1.807) is 7.11 Å². The van der Waals surface area contributed by atoms with Crippen LogP contribution in [-0.2, 0) is 6.54 Å². The minimum absolute atomic E-state index is 0.637. The van der Waals surface area contributed by atoms with Crippen LogP contribution in [0.1, 0.15) is 25.8 Å². The average Bonchev–Trinajstić information content (AvgIpc) is 2.31. The first-order chi connectivity index (χ1) is 8.58. The van der Waals surface area contributed by atoms with Crippen LogP contribution in [-0.4, -0.2) is 20.8 Å². The summed E-state index contributed by atoms with van der Waals surface area (Å²) >= 11 is 3.54. The van der Waals surface area contributed by atoms with Crippen molar-refractivity contribution in [3.8, 4) is 11.5 Å². The van der Waals surface area contributed by atoms with Crippen molar-refractivity contribution in [2.75, 3.05) is 20.8 Å². The second-order valence-electron chi connectivity index (χ2n) is 4.67. The quantitative estimate of drug-likeness (QED) is 0.834. The molecular formula is C14H22BrNO2. The van der Waals surface area contributed by atoms with E-state index in [0.717, 1.165) is 34.5 Å². The van der Waals surface area contributed by atoms with Gasteiger partial charge >= 0.3 is 0 Å². The fourth-order valence-corrected chi connectivity index (χ4v) is 2.22. The van der Waals surface area contributed by atoms with Gasteiger partial charge in [-0.2, -0.15) is 0 Å². The summed E-state index contributed by atoms with van der Waals surface area (Å²) < 4.78 is 12.1. The minimum Gasteiger partial charge on any atom is -0.493 e. The van der Waals surface area contributed by atoms with Crippen molar-refractivity contribution in [1.82, 2.24) is 5.32 Å². The molecular weight excluding hydrogens is 294 g/mol. The van der Waals surface area contributed by atoms with E-state index in [1.165, 1.54) is 0 Å². The van der Waals surface area contributed by atoms with Crippen molar-refractivity contribution in [2.24, 2.45) is 5.92 Å². The summed E-state index contributed by atoms with van der Waals surface area (Å²) in [6.45, 7) is 5.89. The highest BCUT2D eigenvalue weighted by Crippen LogP contribution is 2.36. The van der Waals surface area contributed by atoms with Crippen molar-refractivity contribution in [2.45, 2.75) is 26.8 Å². The molecule has 18 heavy (non-hydrogen) atoms. The zero-order valence-corrected chi connectivity index (χ0v) is 13.1. The minimum atomic E-state index is 0.637. The fraction of sp³-hybridized carbons (Fsp3) is 0.571. The molecule has 1 aromatic rings. The van der Waals surface area contributed by atoms with E-state index in [-0.39, 0.29) is 0 Å². The lowest BCUT2D eigenvalue weighted by molar-refractivity contribution is 0.271. The highest BCUT2D eigenvalue weighted by molar-refractivity contribution is 9.10. The summed E-state index contributed by atoms with van der Waals surface area (Å²) in [5.41, 5.74) is 1.16. The molecule has 0 aliphatic carbocycles. The van der Waals surface area contributed by atoms with E-state index in [2.05, 4.69) is 41.2 Å². The number of hydrogen-bond donors (Lipinski definition) is 1. The first-order valence-electron chi connectivity index (χ1n) is 6.22. The Morgan fingerprint density at radius 2 is 2.06 bits per heavy atom. The zero-order valence-electron chi connectivity index (χ0n) is 11.5. The highest BCUT2D eigenvalue weighted by Gasteiger charge is 2.11. The normalized spacial score (nSPS) is 10.8. The van der Waals surface area contributed by atoms with E-state index < -0.39 is 0 Å². The SMILES string of the molecule is CNCc1cc(Br)c(OCCC(C)C)c(OC)c1. The second kappa shape index (κ2) is 7.64. The Hall–Kier alpha value is -0.740. The topological polar surface area (TPSA) is 30.5 Å². The maximum Gasteiger partial charge on any atom is 0.175 e. The van der Waals surface area contributed by atoms with Gasteiger partial charge in [0.2, 0.25) is 0 Å². The second-order valence-corrected chi connectivity index (χ2v) is 5.52. The van der Waals surface area contributed by atoms with Crippen molar-refractivity contribution in [1.29, 1.82) is 0 Å². The number of rotatable bonds is 7. The molecule has 0 fully saturated rings. The van der Waals surface area contributed by atoms with Gasteiger partial charge in [0.1, 0.15) is 0 Å². The first-order valence-corrected chi connectivity index (χ1v) is 7.01. The molecule has 3 nitrogen and oxygen atoms in total. The van der Waals surface area contributed by atoms with Crippen LogP contribution in [0.25, 0.3) is 0 Å². The van der Waals surface area contributed by atoms with Crippen LogP contribution in [0.3, 0.4) is 0 Å². The lowest BCUT2D eigenvalue weighted by Crippen LogP contribution is -2.07. The molecule has 0 spiro atoms. The Labute approximate surface area is 118 Å². The average molecular weight is 316 g/mol. The van der Waals surface area contributed by atoms with Crippen LogP contribution in [0.4, 0.5) is 0 Å². The fourth-order valence-electron chi connectivity index (χ4n) is 1.62. The standard InChI is InChI=1S/C14H22BrNO2/c1-10(2)5-6-18-14-12(15)7-11(9-16-3)8-13(14)17-4/h7-8,10,16H,5-6,9H2,1-4H3. The Balaban J connectivity index is 2.82. The predicted octanol–water partition coefficient (Wildman–Crippen LogP) is 3.60. The van der Waals surface area contributed by atoms with E-state index in [9.17, 15) is 0 Å². The summed E-state index contributed by atoms with van der Waals surface area (Å²) in [5, 5.41) is 3.12. The first kappa shape index (κ1) is 15.3. The van der Waals surface area contributed by atoms with Gasteiger partial charge in [-0.25, -0.2) is 0 Å². The summed E-state index contributed by atoms with van der Waals surface area (Å²) in [6, 6.07) is 4.07. The van der Waals surface area contributed by atoms with Gasteiger partial charge in [-0.05, 0) is 53.0 Å². The molecule has 1 N–H and O–H groups in total. The molecule has 0 saturated heterocycles. The van der Waals surface area contributed by atoms with E-state index >= 15 is 0 Å². The van der Waals surface area contributed by atoms with Gasteiger partial charge in [-0.15, -0.1) is 0 Å². The molecule has 102 valence electrons. The third-order valence-electron chi connectivity index (χ3n) is 2.61. The third kappa shape index (κ3) is 4.50. The number of ether oxygens (including phenoxy) is 2. The highest BCUT2D eigenvalue weighted by atomic mass is 79.9. The molecule has 4 heteroatoms. The predicted molar refractivity (Wildman–Crippen MR) is 78.4 cm³/mol. The zero-order chi connectivity index (χ0) is 13.5. The summed E-state index contributed by atoms with van der Waals surface area (Å²) in [4.78, 5) is 0. The summed E-state index contributed by atoms with van der Waals surface area (Å²) in [7, 11) is 3.59. The third-order valence-corrected chi connectivity index (χ3v) is 3.20. The number of nitrogens with one attached hydrogen (secondary N) is 1. The number of hydrogen-bond acceptors (Lipinski definition) is 3. The molecule has 1 aromatic carbocycles.